The molecule has 1 fully saturated rings. The number of nitrogens with one attached hydrogen (secondary N) is 1. The summed E-state index contributed by atoms with van der Waals surface area (Å²) in [7, 11) is 0. The fraction of sp³-hybridized carbons (Fsp3) is 0.556. The van der Waals surface area contributed by atoms with Crippen LogP contribution < -0.4 is 5.32 Å². The molecule has 0 radical (unpaired) electrons. The molecular formula is C9H16ClNO. The minimum Gasteiger partial charge on any atom is -0.394 e. The van der Waals surface area contributed by atoms with Crippen molar-refractivity contribution in [1.82, 2.24) is 5.32 Å². The van der Waals surface area contributed by atoms with E-state index in [0.717, 1.165) is 25.0 Å². The van der Waals surface area contributed by atoms with Crippen LogP contribution in [0.25, 0.3) is 0 Å². The van der Waals surface area contributed by atoms with Gasteiger partial charge in [0.05, 0.1) is 12.1 Å². The molecule has 1 aliphatic heterocycles. The highest BCUT2D eigenvalue weighted by atomic mass is 35.5. The lowest BCUT2D eigenvalue weighted by atomic mass is 9.90. The van der Waals surface area contributed by atoms with E-state index in [1.54, 1.807) is 0 Å². The maximum atomic E-state index is 9.15. The third kappa shape index (κ3) is 1.89. The Morgan fingerprint density at radius 2 is 2.33 bits per heavy atom. The Morgan fingerprint density at radius 1 is 1.67 bits per heavy atom. The van der Waals surface area contributed by atoms with Crippen LogP contribution in [0.4, 0.5) is 0 Å². The van der Waals surface area contributed by atoms with E-state index in [9.17, 15) is 0 Å². The number of aliphatic hydroxyl groups excluding tert-OH is 1. The topological polar surface area (TPSA) is 32.3 Å². The van der Waals surface area contributed by atoms with Gasteiger partial charge in [0.1, 0.15) is 0 Å². The first-order valence-electron chi connectivity index (χ1n) is 3.90. The first kappa shape index (κ1) is 11.7. The minimum atomic E-state index is -0.262. The summed E-state index contributed by atoms with van der Waals surface area (Å²) < 4.78 is 0. The number of rotatable bonds is 3. The van der Waals surface area contributed by atoms with E-state index in [0.29, 0.717) is 0 Å². The second kappa shape index (κ2) is 4.65. The second-order valence-corrected chi connectivity index (χ2v) is 3.01. The summed E-state index contributed by atoms with van der Waals surface area (Å²) in [6, 6.07) is 0. The molecule has 1 saturated heterocycles. The summed E-state index contributed by atoms with van der Waals surface area (Å²) in [5, 5.41) is 12.4. The van der Waals surface area contributed by atoms with Gasteiger partial charge in [-0.1, -0.05) is 18.2 Å². The molecule has 0 aromatic heterocycles. The summed E-state index contributed by atoms with van der Waals surface area (Å²) >= 11 is 0. The van der Waals surface area contributed by atoms with Gasteiger partial charge in [0.25, 0.3) is 0 Å². The molecule has 12 heavy (non-hydrogen) atoms. The van der Waals surface area contributed by atoms with E-state index in [4.69, 9.17) is 5.11 Å². The fourth-order valence-corrected chi connectivity index (χ4v) is 1.51. The van der Waals surface area contributed by atoms with E-state index in [-0.39, 0.29) is 24.6 Å². The van der Waals surface area contributed by atoms with Crippen molar-refractivity contribution >= 4 is 12.4 Å². The molecule has 2 N–H and O–H groups in total. The average Bonchev–Trinajstić information content (AvgIpc) is 2.35. The van der Waals surface area contributed by atoms with Gasteiger partial charge >= 0.3 is 0 Å². The van der Waals surface area contributed by atoms with Crippen molar-refractivity contribution in [1.29, 1.82) is 0 Å². The third-order valence-electron chi connectivity index (χ3n) is 2.33. The molecule has 1 heterocycles. The summed E-state index contributed by atoms with van der Waals surface area (Å²) in [5.74, 6) is 0. The van der Waals surface area contributed by atoms with E-state index < -0.39 is 0 Å². The van der Waals surface area contributed by atoms with Gasteiger partial charge in [0.15, 0.2) is 0 Å². The highest BCUT2D eigenvalue weighted by Crippen LogP contribution is 2.27. The Kier molecular flexibility index (Phi) is 4.53. The summed E-state index contributed by atoms with van der Waals surface area (Å²) in [6.45, 7) is 8.63. The van der Waals surface area contributed by atoms with Crippen LogP contribution in [0, 0.1) is 0 Å². The first-order valence-corrected chi connectivity index (χ1v) is 3.90. The van der Waals surface area contributed by atoms with E-state index in [1.165, 1.54) is 0 Å². The van der Waals surface area contributed by atoms with Crippen molar-refractivity contribution in [3.8, 4) is 0 Å². The smallest absolute Gasteiger partial charge is 0.0661 e. The largest absolute Gasteiger partial charge is 0.394 e. The maximum absolute atomic E-state index is 9.15. The van der Waals surface area contributed by atoms with Crippen molar-refractivity contribution in [2.45, 2.75) is 18.4 Å². The lowest BCUT2D eigenvalue weighted by Crippen LogP contribution is -2.43. The average molecular weight is 190 g/mol. The summed E-state index contributed by atoms with van der Waals surface area (Å²) in [5.41, 5.74) is 0.835. The molecule has 0 aliphatic carbocycles. The van der Waals surface area contributed by atoms with Crippen LogP contribution in [-0.4, -0.2) is 23.8 Å². The zero-order valence-electron chi connectivity index (χ0n) is 7.18. The van der Waals surface area contributed by atoms with E-state index >= 15 is 0 Å². The molecule has 0 amide bonds. The molecule has 0 saturated carbocycles. The number of halogens is 1. The second-order valence-electron chi connectivity index (χ2n) is 3.01. The quantitative estimate of drug-likeness (QED) is 0.656. The van der Waals surface area contributed by atoms with Crippen molar-refractivity contribution in [3.05, 3.63) is 24.8 Å². The fourth-order valence-electron chi connectivity index (χ4n) is 1.51. The zero-order valence-corrected chi connectivity index (χ0v) is 7.99. The highest BCUT2D eigenvalue weighted by Gasteiger charge is 2.34. The summed E-state index contributed by atoms with van der Waals surface area (Å²) in [4.78, 5) is 0. The van der Waals surface area contributed by atoms with Crippen LogP contribution in [0.5, 0.6) is 0 Å². The molecular weight excluding hydrogens is 174 g/mol. The molecule has 0 bridgehead atoms. The maximum Gasteiger partial charge on any atom is 0.0661 e. The van der Waals surface area contributed by atoms with Gasteiger partial charge in [0, 0.05) is 0 Å². The number of hydrogen-bond donors (Lipinski definition) is 2. The number of aliphatic hydroxyl groups is 1. The predicted molar refractivity (Wildman–Crippen MR) is 53.6 cm³/mol. The minimum absolute atomic E-state index is 0. The zero-order chi connectivity index (χ0) is 8.32. The van der Waals surface area contributed by atoms with Crippen molar-refractivity contribution in [2.75, 3.05) is 13.2 Å². The van der Waals surface area contributed by atoms with Crippen molar-refractivity contribution in [3.63, 3.8) is 0 Å². The lowest BCUT2D eigenvalue weighted by Gasteiger charge is -2.26. The molecule has 1 unspecified atom stereocenters. The molecule has 1 atom stereocenters. The molecule has 2 nitrogen and oxygen atoms in total. The highest BCUT2D eigenvalue weighted by molar-refractivity contribution is 5.85. The van der Waals surface area contributed by atoms with Crippen LogP contribution in [0.3, 0.4) is 0 Å². The first-order chi connectivity index (χ1) is 5.25. The molecule has 0 aromatic rings. The van der Waals surface area contributed by atoms with Gasteiger partial charge in [-0.3, -0.25) is 0 Å². The normalized spacial score (nSPS) is 28.2. The van der Waals surface area contributed by atoms with Crippen LogP contribution >= 0.6 is 12.4 Å². The molecule has 1 rings (SSSR count). The molecule has 1 aliphatic rings. The number of hydrogen-bond acceptors (Lipinski definition) is 2. The van der Waals surface area contributed by atoms with Crippen molar-refractivity contribution in [2.24, 2.45) is 0 Å². The third-order valence-corrected chi connectivity index (χ3v) is 2.33. The van der Waals surface area contributed by atoms with Crippen LogP contribution in [0.15, 0.2) is 24.8 Å². The Morgan fingerprint density at radius 3 is 2.67 bits per heavy atom. The van der Waals surface area contributed by atoms with Gasteiger partial charge in [-0.05, 0) is 19.4 Å². The summed E-state index contributed by atoms with van der Waals surface area (Å²) in [6.07, 6.45) is 3.55. The predicted octanol–water partition coefficient (Wildman–Crippen LogP) is 1.26. The molecule has 3 heteroatoms. The van der Waals surface area contributed by atoms with Gasteiger partial charge in [-0.25, -0.2) is 0 Å². The molecule has 70 valence electrons. The van der Waals surface area contributed by atoms with Gasteiger partial charge < -0.3 is 10.4 Å². The van der Waals surface area contributed by atoms with Crippen molar-refractivity contribution < 1.29 is 5.11 Å². The van der Waals surface area contributed by atoms with Gasteiger partial charge in [-0.2, -0.15) is 0 Å². The van der Waals surface area contributed by atoms with Crippen LogP contribution in [0.2, 0.25) is 0 Å². The SMILES string of the molecule is C=CCC1(CO)NCCC1=C.Cl. The van der Waals surface area contributed by atoms with Crippen LogP contribution in [0.1, 0.15) is 12.8 Å². The lowest BCUT2D eigenvalue weighted by molar-refractivity contribution is 0.205. The van der Waals surface area contributed by atoms with Crippen LogP contribution in [-0.2, 0) is 0 Å². The Bertz CT molecular complexity index is 181. The Labute approximate surface area is 79.8 Å². The van der Waals surface area contributed by atoms with E-state index in [2.05, 4.69) is 18.5 Å². The standard InChI is InChI=1S/C9H15NO.ClH/c1-3-5-9(7-11)8(2)4-6-10-9;/h3,10-11H,1-2,4-7H2;1H. The monoisotopic (exact) mass is 189 g/mol. The van der Waals surface area contributed by atoms with Gasteiger partial charge in [0.2, 0.25) is 0 Å². The molecule has 0 aromatic carbocycles. The molecule has 0 spiro atoms. The van der Waals surface area contributed by atoms with Gasteiger partial charge in [-0.15, -0.1) is 19.0 Å². The Hall–Kier alpha value is -0.310. The van der Waals surface area contributed by atoms with E-state index in [1.807, 2.05) is 6.08 Å². The Balaban J connectivity index is 0.00000121.